The number of benzene rings is 1. The quantitative estimate of drug-likeness (QED) is 0.865. The van der Waals surface area contributed by atoms with Gasteiger partial charge in [-0.05, 0) is 38.0 Å². The lowest BCUT2D eigenvalue weighted by Crippen LogP contribution is -2.21. The molecular weight excluding hydrogens is 348 g/mol. The second-order valence-electron chi connectivity index (χ2n) is 6.02. The molecule has 24 heavy (non-hydrogen) atoms. The van der Waals surface area contributed by atoms with E-state index in [9.17, 15) is 8.42 Å². The Morgan fingerprint density at radius 2 is 1.92 bits per heavy atom. The molecule has 3 rings (SSSR count). The van der Waals surface area contributed by atoms with Gasteiger partial charge in [-0.3, -0.25) is 0 Å². The van der Waals surface area contributed by atoms with Gasteiger partial charge in [-0.15, -0.1) is 0 Å². The lowest BCUT2D eigenvalue weighted by atomic mass is 10.2. The minimum atomic E-state index is -2.93. The van der Waals surface area contributed by atoms with E-state index in [1.807, 2.05) is 25.1 Å². The lowest BCUT2D eigenvalue weighted by Gasteiger charge is -2.14. The smallest absolute Gasteiger partial charge is 0.152 e. The standard InChI is InChI=1S/C16H19ClN4O2S/c1-10-3-4-12(7-14(10)17)20-15-8-16(19-11(2)18-15)21-13-5-6-24(22,23)9-13/h3-4,7-8,13H,5-6,9H2,1-2H3,(H2,18,19,20,21). The van der Waals surface area contributed by atoms with E-state index < -0.39 is 9.84 Å². The van der Waals surface area contributed by atoms with Crippen molar-refractivity contribution in [2.75, 3.05) is 22.1 Å². The van der Waals surface area contributed by atoms with Crippen LogP contribution >= 0.6 is 11.6 Å². The molecule has 6 nitrogen and oxygen atoms in total. The van der Waals surface area contributed by atoms with Gasteiger partial charge in [0.05, 0.1) is 11.5 Å². The van der Waals surface area contributed by atoms with Gasteiger partial charge in [0.25, 0.3) is 0 Å². The normalized spacial score (nSPS) is 19.2. The molecule has 2 aromatic rings. The fraction of sp³-hybridized carbons (Fsp3) is 0.375. The molecule has 1 aromatic carbocycles. The van der Waals surface area contributed by atoms with Crippen LogP contribution < -0.4 is 10.6 Å². The van der Waals surface area contributed by atoms with E-state index in [1.165, 1.54) is 0 Å². The van der Waals surface area contributed by atoms with E-state index in [2.05, 4.69) is 20.6 Å². The van der Waals surface area contributed by atoms with Crippen LogP contribution in [-0.4, -0.2) is 35.9 Å². The molecule has 1 aromatic heterocycles. The molecule has 1 aliphatic rings. The number of aryl methyl sites for hydroxylation is 2. The lowest BCUT2D eigenvalue weighted by molar-refractivity contribution is 0.602. The highest BCUT2D eigenvalue weighted by atomic mass is 35.5. The third-order valence-corrected chi connectivity index (χ3v) is 6.04. The summed E-state index contributed by atoms with van der Waals surface area (Å²) in [6.45, 7) is 3.74. The number of nitrogens with one attached hydrogen (secondary N) is 2. The Kier molecular flexibility index (Phi) is 4.64. The number of nitrogens with zero attached hydrogens (tertiary/aromatic N) is 2. The van der Waals surface area contributed by atoms with E-state index in [4.69, 9.17) is 11.6 Å². The first-order valence-electron chi connectivity index (χ1n) is 7.66. The molecule has 0 radical (unpaired) electrons. The van der Waals surface area contributed by atoms with Crippen LogP contribution in [0.1, 0.15) is 17.8 Å². The zero-order chi connectivity index (χ0) is 17.3. The Morgan fingerprint density at radius 3 is 2.58 bits per heavy atom. The van der Waals surface area contributed by atoms with E-state index in [1.54, 1.807) is 13.0 Å². The van der Waals surface area contributed by atoms with Gasteiger partial charge in [0.15, 0.2) is 9.84 Å². The van der Waals surface area contributed by atoms with Crippen molar-refractivity contribution in [1.82, 2.24) is 9.97 Å². The summed E-state index contributed by atoms with van der Waals surface area (Å²) in [5.41, 5.74) is 1.84. The third kappa shape index (κ3) is 4.15. The topological polar surface area (TPSA) is 84.0 Å². The molecule has 0 saturated carbocycles. The predicted molar refractivity (Wildman–Crippen MR) is 96.9 cm³/mol. The molecule has 128 valence electrons. The summed E-state index contributed by atoms with van der Waals surface area (Å²) in [5.74, 6) is 2.21. The average molecular weight is 367 g/mol. The molecule has 1 aliphatic heterocycles. The van der Waals surface area contributed by atoms with Crippen molar-refractivity contribution in [2.24, 2.45) is 0 Å². The first-order valence-corrected chi connectivity index (χ1v) is 9.86. The van der Waals surface area contributed by atoms with Crippen LogP contribution in [0.15, 0.2) is 24.3 Å². The van der Waals surface area contributed by atoms with Crippen molar-refractivity contribution in [1.29, 1.82) is 0 Å². The number of halogens is 1. The summed E-state index contributed by atoms with van der Waals surface area (Å²) < 4.78 is 23.1. The molecule has 1 saturated heterocycles. The van der Waals surface area contributed by atoms with Crippen molar-refractivity contribution in [2.45, 2.75) is 26.3 Å². The second-order valence-corrected chi connectivity index (χ2v) is 8.65. The van der Waals surface area contributed by atoms with Crippen molar-refractivity contribution in [3.05, 3.63) is 40.7 Å². The maximum Gasteiger partial charge on any atom is 0.152 e. The monoisotopic (exact) mass is 366 g/mol. The molecule has 1 atom stereocenters. The molecule has 0 aliphatic carbocycles. The first-order chi connectivity index (χ1) is 11.3. The predicted octanol–water partition coefficient (Wildman–Crippen LogP) is 3.09. The van der Waals surface area contributed by atoms with Crippen LogP contribution in [0.5, 0.6) is 0 Å². The minimum absolute atomic E-state index is 0.106. The molecule has 0 amide bonds. The minimum Gasteiger partial charge on any atom is -0.366 e. The summed E-state index contributed by atoms with van der Waals surface area (Å²) in [4.78, 5) is 8.70. The molecule has 1 fully saturated rings. The summed E-state index contributed by atoms with van der Waals surface area (Å²) in [6, 6.07) is 7.36. The van der Waals surface area contributed by atoms with Gasteiger partial charge in [-0.2, -0.15) is 0 Å². The van der Waals surface area contributed by atoms with Crippen LogP contribution in [0.4, 0.5) is 17.3 Å². The molecule has 8 heteroatoms. The fourth-order valence-corrected chi connectivity index (χ4v) is 4.50. The van der Waals surface area contributed by atoms with Gasteiger partial charge in [0.1, 0.15) is 17.5 Å². The van der Waals surface area contributed by atoms with Gasteiger partial charge in [-0.1, -0.05) is 17.7 Å². The number of anilines is 3. The summed E-state index contributed by atoms with van der Waals surface area (Å²) >= 11 is 6.14. The van der Waals surface area contributed by atoms with Crippen molar-refractivity contribution < 1.29 is 8.42 Å². The van der Waals surface area contributed by atoms with Gasteiger partial charge in [0.2, 0.25) is 0 Å². The zero-order valence-corrected chi connectivity index (χ0v) is 15.1. The highest BCUT2D eigenvalue weighted by molar-refractivity contribution is 7.91. The average Bonchev–Trinajstić information content (AvgIpc) is 2.81. The highest BCUT2D eigenvalue weighted by Gasteiger charge is 2.28. The van der Waals surface area contributed by atoms with Gasteiger partial charge >= 0.3 is 0 Å². The first kappa shape index (κ1) is 17.0. The van der Waals surface area contributed by atoms with Crippen molar-refractivity contribution in [3.8, 4) is 0 Å². The SMILES string of the molecule is Cc1nc(Nc2ccc(C)c(Cl)c2)cc(NC2CCS(=O)(=O)C2)n1. The molecule has 0 spiro atoms. The van der Waals surface area contributed by atoms with Crippen LogP contribution in [0.25, 0.3) is 0 Å². The Labute approximate surface area is 146 Å². The van der Waals surface area contributed by atoms with Crippen LogP contribution in [-0.2, 0) is 9.84 Å². The number of hydrogen-bond acceptors (Lipinski definition) is 6. The van der Waals surface area contributed by atoms with E-state index in [0.29, 0.717) is 28.9 Å². The maximum atomic E-state index is 11.6. The van der Waals surface area contributed by atoms with Crippen LogP contribution in [0.2, 0.25) is 5.02 Å². The fourth-order valence-electron chi connectivity index (χ4n) is 2.64. The molecule has 0 bridgehead atoms. The largest absolute Gasteiger partial charge is 0.366 e. The van der Waals surface area contributed by atoms with Crippen LogP contribution in [0, 0.1) is 13.8 Å². The van der Waals surface area contributed by atoms with Crippen molar-refractivity contribution in [3.63, 3.8) is 0 Å². The zero-order valence-electron chi connectivity index (χ0n) is 13.5. The van der Waals surface area contributed by atoms with E-state index in [-0.39, 0.29) is 17.5 Å². The highest BCUT2D eigenvalue weighted by Crippen LogP contribution is 2.24. The Morgan fingerprint density at radius 1 is 1.17 bits per heavy atom. The van der Waals surface area contributed by atoms with E-state index >= 15 is 0 Å². The Hall–Kier alpha value is -1.86. The number of aromatic nitrogens is 2. The van der Waals surface area contributed by atoms with Crippen molar-refractivity contribution >= 4 is 38.8 Å². The Bertz CT molecular complexity index is 870. The summed E-state index contributed by atoms with van der Waals surface area (Å²) in [6.07, 6.45) is 0.599. The summed E-state index contributed by atoms with van der Waals surface area (Å²) in [7, 11) is -2.93. The van der Waals surface area contributed by atoms with Gasteiger partial charge < -0.3 is 10.6 Å². The number of sulfone groups is 1. The maximum absolute atomic E-state index is 11.6. The molecular formula is C16H19ClN4O2S. The molecule has 2 heterocycles. The van der Waals surface area contributed by atoms with Gasteiger partial charge in [0, 0.05) is 22.8 Å². The third-order valence-electron chi connectivity index (χ3n) is 3.87. The molecule has 2 N–H and O–H groups in total. The van der Waals surface area contributed by atoms with Crippen LogP contribution in [0.3, 0.4) is 0 Å². The second kappa shape index (κ2) is 6.57. The molecule has 1 unspecified atom stereocenters. The van der Waals surface area contributed by atoms with Gasteiger partial charge in [-0.25, -0.2) is 18.4 Å². The summed E-state index contributed by atoms with van der Waals surface area (Å²) in [5, 5.41) is 7.07. The van der Waals surface area contributed by atoms with E-state index in [0.717, 1.165) is 11.3 Å². The Balaban J connectivity index is 1.77. The number of rotatable bonds is 4. The number of hydrogen-bond donors (Lipinski definition) is 2.